The molecule has 0 spiro atoms. The molecule has 8 nitrogen and oxygen atoms in total. The van der Waals surface area contributed by atoms with Crippen LogP contribution in [0.2, 0.25) is 5.02 Å². The number of anilines is 1. The first-order valence-electron chi connectivity index (χ1n) is 10.5. The van der Waals surface area contributed by atoms with E-state index in [4.69, 9.17) is 11.6 Å². The van der Waals surface area contributed by atoms with Gasteiger partial charge in [-0.2, -0.15) is 0 Å². The molecule has 1 unspecified atom stereocenters. The Morgan fingerprint density at radius 1 is 1.21 bits per heavy atom. The summed E-state index contributed by atoms with van der Waals surface area (Å²) >= 11 is 6.10. The highest BCUT2D eigenvalue weighted by molar-refractivity contribution is 6.32. The number of nitrogens with one attached hydrogen (secondary N) is 2. The zero-order valence-electron chi connectivity index (χ0n) is 17.9. The Morgan fingerprint density at radius 3 is 2.73 bits per heavy atom. The van der Waals surface area contributed by atoms with Crippen LogP contribution in [0.15, 0.2) is 30.3 Å². The van der Waals surface area contributed by atoms with E-state index >= 15 is 0 Å². The highest BCUT2D eigenvalue weighted by Gasteiger charge is 2.38. The van der Waals surface area contributed by atoms with Crippen molar-refractivity contribution in [3.63, 3.8) is 0 Å². The van der Waals surface area contributed by atoms with Crippen LogP contribution in [0.5, 0.6) is 0 Å². The summed E-state index contributed by atoms with van der Waals surface area (Å²) in [7, 11) is 0. The number of fused-ring (bicyclic) bond motifs is 1. The van der Waals surface area contributed by atoms with Crippen molar-refractivity contribution in [3.05, 3.63) is 63.2 Å². The molecular weight excluding hydrogens is 446 g/mol. The summed E-state index contributed by atoms with van der Waals surface area (Å²) < 4.78 is 0. The highest BCUT2D eigenvalue weighted by atomic mass is 35.5. The van der Waals surface area contributed by atoms with Gasteiger partial charge in [0, 0.05) is 41.3 Å². The van der Waals surface area contributed by atoms with Crippen LogP contribution in [0.1, 0.15) is 56.7 Å². The summed E-state index contributed by atoms with van der Waals surface area (Å²) in [6.45, 7) is 2.22. The number of urea groups is 1. The van der Waals surface area contributed by atoms with Crippen LogP contribution in [0.4, 0.5) is 10.5 Å². The molecular formula is C24H22ClN3O5. The second-order valence-electron chi connectivity index (χ2n) is 8.26. The van der Waals surface area contributed by atoms with Crippen molar-refractivity contribution >= 4 is 47.1 Å². The molecule has 2 aromatic carbocycles. The summed E-state index contributed by atoms with van der Waals surface area (Å²) in [6.07, 6.45) is 1.23. The smallest absolute Gasteiger partial charge is 0.319 e. The Morgan fingerprint density at radius 2 is 2.00 bits per heavy atom. The Balaban J connectivity index is 1.39. The molecule has 0 saturated heterocycles. The Kier molecular flexibility index (Phi) is 6.29. The third-order valence-corrected chi connectivity index (χ3v) is 6.44. The minimum Gasteiger partial charge on any atom is -0.334 e. The molecule has 33 heavy (non-hydrogen) atoms. The lowest BCUT2D eigenvalue weighted by Gasteiger charge is -2.29. The van der Waals surface area contributed by atoms with Gasteiger partial charge in [0.2, 0.25) is 0 Å². The second kappa shape index (κ2) is 9.15. The van der Waals surface area contributed by atoms with Crippen LogP contribution >= 0.6 is 11.6 Å². The van der Waals surface area contributed by atoms with Crippen molar-refractivity contribution in [3.8, 4) is 0 Å². The number of carbonyl (C=O) groups is 5. The highest BCUT2D eigenvalue weighted by Crippen LogP contribution is 2.29. The molecule has 0 bridgehead atoms. The third kappa shape index (κ3) is 4.66. The minimum absolute atomic E-state index is 0.0812. The van der Waals surface area contributed by atoms with Crippen LogP contribution in [0.25, 0.3) is 0 Å². The summed E-state index contributed by atoms with van der Waals surface area (Å²) in [5.74, 6) is -0.526. The summed E-state index contributed by atoms with van der Waals surface area (Å²) in [5, 5.41) is 5.73. The van der Waals surface area contributed by atoms with E-state index in [2.05, 4.69) is 10.6 Å². The van der Waals surface area contributed by atoms with E-state index in [1.807, 2.05) is 12.1 Å². The maximum atomic E-state index is 12.9. The zero-order valence-corrected chi connectivity index (χ0v) is 18.7. The van der Waals surface area contributed by atoms with Crippen LogP contribution < -0.4 is 10.6 Å². The monoisotopic (exact) mass is 467 g/mol. The number of ketones is 2. The van der Waals surface area contributed by atoms with Crippen molar-refractivity contribution in [2.24, 2.45) is 0 Å². The second-order valence-corrected chi connectivity index (χ2v) is 8.67. The predicted molar refractivity (Wildman–Crippen MR) is 121 cm³/mol. The van der Waals surface area contributed by atoms with E-state index in [0.29, 0.717) is 53.1 Å². The maximum absolute atomic E-state index is 12.9. The molecule has 3 amide bonds. The van der Waals surface area contributed by atoms with Crippen LogP contribution in [0, 0.1) is 6.92 Å². The van der Waals surface area contributed by atoms with Crippen molar-refractivity contribution in [1.29, 1.82) is 0 Å². The van der Waals surface area contributed by atoms with E-state index in [9.17, 15) is 24.0 Å². The van der Waals surface area contributed by atoms with Crippen molar-refractivity contribution in [2.75, 3.05) is 5.32 Å². The lowest BCUT2D eigenvalue weighted by Crippen LogP contribution is -2.44. The molecule has 1 aliphatic carbocycles. The third-order valence-electron chi connectivity index (χ3n) is 6.04. The van der Waals surface area contributed by atoms with E-state index in [-0.39, 0.29) is 30.4 Å². The molecule has 1 fully saturated rings. The first-order chi connectivity index (χ1) is 15.8. The average Bonchev–Trinajstić information content (AvgIpc) is 3.10. The fourth-order valence-electron chi connectivity index (χ4n) is 4.17. The fourth-order valence-corrected chi connectivity index (χ4v) is 4.40. The molecule has 1 atom stereocenters. The number of halogens is 1. The van der Waals surface area contributed by atoms with Crippen LogP contribution in [-0.2, 0) is 22.7 Å². The van der Waals surface area contributed by atoms with Gasteiger partial charge in [-0.1, -0.05) is 23.7 Å². The number of aldehydes is 1. The van der Waals surface area contributed by atoms with Crippen LogP contribution in [-0.4, -0.2) is 40.7 Å². The van der Waals surface area contributed by atoms with Gasteiger partial charge in [0.25, 0.3) is 5.91 Å². The van der Waals surface area contributed by atoms with Gasteiger partial charge in [-0.3, -0.25) is 19.2 Å². The first-order valence-corrected chi connectivity index (χ1v) is 10.9. The van der Waals surface area contributed by atoms with Crippen molar-refractivity contribution in [2.45, 2.75) is 45.3 Å². The van der Waals surface area contributed by atoms with Gasteiger partial charge in [0.1, 0.15) is 12.1 Å². The number of hydrogen-bond acceptors (Lipinski definition) is 5. The van der Waals surface area contributed by atoms with Gasteiger partial charge in [-0.25, -0.2) is 4.79 Å². The standard InChI is InChI=1S/C24H22ClN3O5/c1-13-16(12-29)7-17(8-20(13)25)27-24(33)26-10-14-2-3-15-11-28(23(32)19(15)6-14)21-5-4-18(30)9-22(21)31/h2-3,6-8,12,21H,4-5,9-11H2,1H3,(H2,26,27,33). The number of amides is 3. The van der Waals surface area contributed by atoms with Gasteiger partial charge < -0.3 is 15.5 Å². The van der Waals surface area contributed by atoms with Crippen molar-refractivity contribution < 1.29 is 24.0 Å². The molecule has 2 N–H and O–H groups in total. The van der Waals surface area contributed by atoms with Gasteiger partial charge in [0.05, 0.1) is 12.5 Å². The van der Waals surface area contributed by atoms with Gasteiger partial charge >= 0.3 is 6.03 Å². The Bertz CT molecular complexity index is 1190. The molecule has 2 aliphatic rings. The van der Waals surface area contributed by atoms with Gasteiger partial charge in [0.15, 0.2) is 5.78 Å². The molecule has 2 aromatic rings. The SMILES string of the molecule is Cc1c(Cl)cc(NC(=O)NCc2ccc3c(c2)C(=O)N(C2CCC(=O)CC2=O)C3)cc1C=O. The van der Waals surface area contributed by atoms with E-state index in [1.165, 1.54) is 11.0 Å². The fraction of sp³-hybridized carbons (Fsp3) is 0.292. The summed E-state index contributed by atoms with van der Waals surface area (Å²) in [5.41, 5.74) is 3.45. The largest absolute Gasteiger partial charge is 0.334 e. The van der Waals surface area contributed by atoms with Crippen molar-refractivity contribution in [1.82, 2.24) is 10.2 Å². The molecule has 170 valence electrons. The quantitative estimate of drug-likeness (QED) is 0.516. The average molecular weight is 468 g/mol. The van der Waals surface area contributed by atoms with Gasteiger partial charge in [-0.05, 0) is 48.2 Å². The zero-order chi connectivity index (χ0) is 23.7. The van der Waals surface area contributed by atoms with Gasteiger partial charge in [-0.15, -0.1) is 0 Å². The number of Topliss-reactive ketones (excluding diaryl/α,β-unsaturated/α-hetero) is 2. The number of hydrogen-bond donors (Lipinski definition) is 2. The Labute approximate surface area is 195 Å². The van der Waals surface area contributed by atoms with E-state index < -0.39 is 12.1 Å². The summed E-state index contributed by atoms with van der Waals surface area (Å²) in [6, 6.07) is 7.39. The molecule has 9 heteroatoms. The number of nitrogens with zero attached hydrogens (tertiary/aromatic N) is 1. The van der Waals surface area contributed by atoms with Crippen LogP contribution in [0.3, 0.4) is 0 Å². The Hall–Kier alpha value is -3.52. The molecule has 0 aromatic heterocycles. The molecule has 4 rings (SSSR count). The maximum Gasteiger partial charge on any atom is 0.319 e. The molecule has 1 aliphatic heterocycles. The first kappa shape index (κ1) is 22.7. The van der Waals surface area contributed by atoms with E-state index in [0.717, 1.165) is 11.1 Å². The number of benzene rings is 2. The minimum atomic E-state index is -0.562. The molecule has 1 heterocycles. The predicted octanol–water partition coefficient (Wildman–Crippen LogP) is 3.43. The summed E-state index contributed by atoms with van der Waals surface area (Å²) in [4.78, 5) is 61.7. The lowest BCUT2D eigenvalue weighted by molar-refractivity contribution is -0.133. The number of carbonyl (C=O) groups excluding carboxylic acids is 5. The topological polar surface area (TPSA) is 113 Å². The number of rotatable bonds is 5. The molecule has 0 radical (unpaired) electrons. The normalized spacial score (nSPS) is 17.7. The molecule has 1 saturated carbocycles. The van der Waals surface area contributed by atoms with E-state index in [1.54, 1.807) is 19.1 Å². The lowest BCUT2D eigenvalue weighted by atomic mass is 9.92.